The Morgan fingerprint density at radius 2 is 1.44 bits per heavy atom. The van der Waals surface area contributed by atoms with Gasteiger partial charge in [0.2, 0.25) is 0 Å². The molecule has 0 aliphatic rings. The van der Waals surface area contributed by atoms with Gasteiger partial charge in [-0.25, -0.2) is 0 Å². The summed E-state index contributed by atoms with van der Waals surface area (Å²) in [6.45, 7) is 0.797. The average molecular weight is 799 g/mol. The largest absolute Gasteiger partial charge is 1.00 e. The minimum absolute atomic E-state index is 0. The Labute approximate surface area is 340 Å². The van der Waals surface area contributed by atoms with Gasteiger partial charge < -0.3 is 42.3 Å². The van der Waals surface area contributed by atoms with Crippen LogP contribution in [0.15, 0.2) is 102 Å². The molecule has 52 heavy (non-hydrogen) atoms. The van der Waals surface area contributed by atoms with Crippen LogP contribution < -0.4 is 92.5 Å². The van der Waals surface area contributed by atoms with Gasteiger partial charge in [-0.15, -0.1) is 10.2 Å². The molecule has 0 fully saturated rings. The zero-order valence-electron chi connectivity index (χ0n) is 27.7. The molecule has 0 aliphatic carbocycles. The maximum atomic E-state index is 13.3. The van der Waals surface area contributed by atoms with Crippen molar-refractivity contribution in [1.29, 1.82) is 5.41 Å². The Balaban J connectivity index is 0.00000650. The molecule has 4 aromatic rings. The molecule has 11 N–H and O–H groups in total. The van der Waals surface area contributed by atoms with Crippen LogP contribution in [0.5, 0.6) is 5.88 Å². The van der Waals surface area contributed by atoms with Crippen molar-refractivity contribution in [2.45, 2.75) is 29.7 Å². The zero-order chi connectivity index (χ0) is 35.6. The Morgan fingerprint density at radius 1 is 0.865 bits per heavy atom. The molecule has 0 saturated heterocycles. The molecule has 1 aromatic heterocycles. The van der Waals surface area contributed by atoms with Gasteiger partial charge in [0.25, 0.3) is 25.8 Å². The summed E-state index contributed by atoms with van der Waals surface area (Å²) >= 11 is 0. The molecule has 268 valence electrons. The van der Waals surface area contributed by atoms with Crippen molar-refractivity contribution in [2.24, 2.45) is 20.5 Å². The van der Waals surface area contributed by atoms with Crippen molar-refractivity contribution >= 4 is 61.8 Å². The van der Waals surface area contributed by atoms with Gasteiger partial charge >= 0.3 is 66.7 Å². The van der Waals surface area contributed by atoms with Gasteiger partial charge in [-0.3, -0.25) is 18.5 Å². The first-order chi connectivity index (χ1) is 22.3. The molecular formula is C27H29N8Na2O12PS2. The molecule has 25 heteroatoms. The molecule has 0 radical (unpaired) electrons. The third-order valence-electron chi connectivity index (χ3n) is 6.64. The van der Waals surface area contributed by atoms with Gasteiger partial charge in [-0.1, -0.05) is 18.2 Å². The second-order valence-corrected chi connectivity index (χ2v) is 14.3. The number of pyridine rings is 1. The maximum Gasteiger partial charge on any atom is 1.00 e. The Hall–Kier alpha value is -3.03. The van der Waals surface area contributed by atoms with Crippen LogP contribution in [-0.2, 0) is 37.8 Å². The van der Waals surface area contributed by atoms with Crippen LogP contribution in [0, 0.1) is 12.3 Å². The van der Waals surface area contributed by atoms with Gasteiger partial charge in [0.05, 0.1) is 21.6 Å². The van der Waals surface area contributed by atoms with Crippen LogP contribution in [0.25, 0.3) is 0 Å². The Bertz CT molecular complexity index is 2340. The van der Waals surface area contributed by atoms with Gasteiger partial charge in [0.1, 0.15) is 10.6 Å². The number of benzene rings is 3. The summed E-state index contributed by atoms with van der Waals surface area (Å²) in [6.07, 6.45) is -0.0430. The summed E-state index contributed by atoms with van der Waals surface area (Å²) in [5, 5.41) is 47.4. The monoisotopic (exact) mass is 798 g/mol. The number of aryl methyl sites for hydroxylation is 1. The van der Waals surface area contributed by atoms with E-state index in [4.69, 9.17) is 9.96 Å². The van der Waals surface area contributed by atoms with E-state index in [2.05, 4.69) is 20.5 Å². The van der Waals surface area contributed by atoms with Gasteiger partial charge in [0.15, 0.2) is 5.69 Å². The second kappa shape index (κ2) is 19.3. The first kappa shape index (κ1) is 49.0. The number of hydrogen-bond donors (Lipinski definition) is 7. The van der Waals surface area contributed by atoms with Crippen LogP contribution in [0.1, 0.15) is 16.7 Å². The molecule has 0 unspecified atom stereocenters. The van der Waals surface area contributed by atoms with E-state index in [-0.39, 0.29) is 112 Å². The molecule has 4 rings (SSSR count). The number of rotatable bonds is 11. The van der Waals surface area contributed by atoms with E-state index in [0.717, 1.165) is 37.3 Å². The SMILES string of the molecule is Cc1c(C(=N)[O-])c([O-])n(CCc2ccc(S(=O)(=O)O)cc2)c(=O)c1N=Nc1ccc(N=Nc2cccc(P(=O)(O)O)c2)cc1S(=O)(=O)O.N.N.[Na+].[Na+]. The Morgan fingerprint density at radius 3 is 1.96 bits per heavy atom. The summed E-state index contributed by atoms with van der Waals surface area (Å²) in [6, 6.07) is 12.8. The minimum atomic E-state index is -5.01. The first-order valence-corrected chi connectivity index (χ1v) is 17.6. The molecule has 20 nitrogen and oxygen atoms in total. The Kier molecular flexibility index (Phi) is 18.2. The number of nitrogens with one attached hydrogen (secondary N) is 1. The summed E-state index contributed by atoms with van der Waals surface area (Å²) in [7, 11) is -14.1. The number of azo groups is 2. The smallest absolute Gasteiger partial charge is 0.860 e. The van der Waals surface area contributed by atoms with Crippen molar-refractivity contribution in [3.8, 4) is 5.88 Å². The van der Waals surface area contributed by atoms with Crippen molar-refractivity contribution in [3.63, 3.8) is 0 Å². The van der Waals surface area contributed by atoms with Crippen molar-refractivity contribution in [3.05, 3.63) is 93.8 Å². The molecule has 0 bridgehead atoms. The molecule has 3 aromatic carbocycles. The maximum absolute atomic E-state index is 13.3. The van der Waals surface area contributed by atoms with E-state index >= 15 is 0 Å². The van der Waals surface area contributed by atoms with Crippen LogP contribution in [0.4, 0.5) is 22.7 Å². The van der Waals surface area contributed by atoms with Crippen LogP contribution in [-0.4, -0.2) is 46.2 Å². The van der Waals surface area contributed by atoms with Crippen LogP contribution >= 0.6 is 7.60 Å². The molecular weight excluding hydrogens is 769 g/mol. The van der Waals surface area contributed by atoms with Crippen molar-refractivity contribution in [1.82, 2.24) is 16.9 Å². The number of aromatic nitrogens is 1. The standard InChI is InChI=1S/C27H25N6O12PS2.2H3N.2Na/c1-15-23(25(28)34)26(35)33(12-11-16-5-8-20(9-6-16)47(40,41)42)27(36)24(15)32-31-21-10-7-18(14-22(21)48(43,44)45)30-29-17-3-2-4-19(13-17)46(37,38)39;;;;/h2-10,13-14,35H,11-12H2,1H3,(H2,28,34)(H2,37,38,39)(H,40,41,42)(H,43,44,45);2*1H3;;/q;;;2*+1/p-2. The number of hydrogen-bond acceptors (Lipinski definition) is 15. The average Bonchev–Trinajstić information content (AvgIpc) is 2.99. The molecule has 0 saturated carbocycles. The van der Waals surface area contributed by atoms with E-state index < -0.39 is 67.0 Å². The summed E-state index contributed by atoms with van der Waals surface area (Å²) < 4.78 is 78.0. The third-order valence-corrected chi connectivity index (χ3v) is 9.34. The normalized spacial score (nSPS) is 11.6. The van der Waals surface area contributed by atoms with Crippen LogP contribution in [0.2, 0.25) is 0 Å². The van der Waals surface area contributed by atoms with Crippen molar-refractivity contribution in [2.75, 3.05) is 0 Å². The van der Waals surface area contributed by atoms with E-state index in [1.54, 1.807) is 0 Å². The fraction of sp³-hybridized carbons (Fsp3) is 0.111. The molecule has 0 atom stereocenters. The molecule has 0 spiro atoms. The predicted octanol–water partition coefficient (Wildman–Crippen LogP) is -3.38. The summed E-state index contributed by atoms with van der Waals surface area (Å²) in [5.74, 6) is -2.55. The summed E-state index contributed by atoms with van der Waals surface area (Å²) in [4.78, 5) is 30.8. The molecule has 0 amide bonds. The summed E-state index contributed by atoms with van der Waals surface area (Å²) in [5.41, 5.74) is -2.90. The number of nitrogens with zero attached hydrogens (tertiary/aromatic N) is 5. The first-order valence-electron chi connectivity index (χ1n) is 13.2. The zero-order valence-corrected chi connectivity index (χ0v) is 34.3. The predicted molar refractivity (Wildman–Crippen MR) is 174 cm³/mol. The fourth-order valence-corrected chi connectivity index (χ4v) is 5.97. The van der Waals surface area contributed by atoms with E-state index in [0.29, 0.717) is 10.1 Å². The molecule has 1 heterocycles. The quantitative estimate of drug-likeness (QED) is 0.0194. The van der Waals surface area contributed by atoms with Crippen molar-refractivity contribution < 1.29 is 110 Å². The second-order valence-electron chi connectivity index (χ2n) is 9.90. The van der Waals surface area contributed by atoms with E-state index in [1.807, 2.05) is 0 Å². The minimum Gasteiger partial charge on any atom is -0.860 e. The topological polar surface area (TPSA) is 378 Å². The van der Waals surface area contributed by atoms with Gasteiger partial charge in [0, 0.05) is 6.54 Å². The van der Waals surface area contributed by atoms with Gasteiger partial charge in [-0.2, -0.15) is 27.1 Å². The van der Waals surface area contributed by atoms with E-state index in [1.165, 1.54) is 36.4 Å². The van der Waals surface area contributed by atoms with E-state index in [9.17, 15) is 50.7 Å². The fourth-order valence-electron chi connectivity index (χ4n) is 4.26. The van der Waals surface area contributed by atoms with Gasteiger partial charge in [-0.05, 0) is 90.3 Å². The van der Waals surface area contributed by atoms with Crippen LogP contribution in [0.3, 0.4) is 0 Å². The molecule has 0 aliphatic heterocycles. The third kappa shape index (κ3) is 12.0.